The maximum Gasteiger partial charge on any atom is 0.182 e. The fraction of sp³-hybridized carbons (Fsp3) is 0.188. The average Bonchev–Trinajstić information content (AvgIpc) is 2.92. The van der Waals surface area contributed by atoms with Gasteiger partial charge in [0.1, 0.15) is 0 Å². The van der Waals surface area contributed by atoms with Gasteiger partial charge in [-0.2, -0.15) is 0 Å². The van der Waals surface area contributed by atoms with E-state index in [1.165, 1.54) is 5.56 Å². The number of hydrogen-bond donors (Lipinski definition) is 1. The van der Waals surface area contributed by atoms with Gasteiger partial charge in [-0.1, -0.05) is 35.9 Å². The minimum atomic E-state index is 0.636. The fourth-order valence-corrected chi connectivity index (χ4v) is 2.25. The number of nitrogens with two attached hydrogens (primary N) is 1. The molecule has 2 N–H and O–H groups in total. The Morgan fingerprint density at radius 3 is 2.57 bits per heavy atom. The van der Waals surface area contributed by atoms with Crippen molar-refractivity contribution in [3.8, 4) is 11.4 Å². The number of nitrogens with zero attached hydrogens (tertiary/aromatic N) is 4. The van der Waals surface area contributed by atoms with Gasteiger partial charge in [0.2, 0.25) is 0 Å². The molecule has 0 aliphatic carbocycles. The van der Waals surface area contributed by atoms with E-state index in [1.807, 2.05) is 25.1 Å². The SMILES string of the molecule is Cc1ccc(Cn2nnnc2-c2cc(N)ccc2C)cc1. The second-order valence-corrected chi connectivity index (χ2v) is 5.22. The van der Waals surface area contributed by atoms with Crippen molar-refractivity contribution in [2.45, 2.75) is 20.4 Å². The molecule has 0 fully saturated rings. The Balaban J connectivity index is 1.97. The number of aromatic nitrogens is 4. The summed E-state index contributed by atoms with van der Waals surface area (Å²) in [6, 6.07) is 14.1. The zero-order chi connectivity index (χ0) is 14.8. The van der Waals surface area contributed by atoms with E-state index < -0.39 is 0 Å². The van der Waals surface area contributed by atoms with Crippen LogP contribution in [0.25, 0.3) is 11.4 Å². The molecule has 0 aliphatic heterocycles. The molecule has 0 unspecified atom stereocenters. The number of benzene rings is 2. The van der Waals surface area contributed by atoms with Gasteiger partial charge in [0.15, 0.2) is 5.82 Å². The van der Waals surface area contributed by atoms with Crippen molar-refractivity contribution in [2.75, 3.05) is 5.73 Å². The lowest BCUT2D eigenvalue weighted by molar-refractivity contribution is 0.653. The van der Waals surface area contributed by atoms with Crippen LogP contribution in [-0.2, 0) is 6.54 Å². The molecule has 0 radical (unpaired) electrons. The number of hydrogen-bond acceptors (Lipinski definition) is 4. The summed E-state index contributed by atoms with van der Waals surface area (Å²) in [5.41, 5.74) is 11.1. The molecular weight excluding hydrogens is 262 g/mol. The van der Waals surface area contributed by atoms with Crippen molar-refractivity contribution >= 4 is 5.69 Å². The molecule has 0 saturated heterocycles. The molecule has 0 bridgehead atoms. The summed E-state index contributed by atoms with van der Waals surface area (Å²) in [5.74, 6) is 0.736. The largest absolute Gasteiger partial charge is 0.399 e. The molecule has 0 aliphatic rings. The lowest BCUT2D eigenvalue weighted by Crippen LogP contribution is -2.05. The number of tetrazole rings is 1. The van der Waals surface area contributed by atoms with Crippen molar-refractivity contribution in [3.05, 3.63) is 59.2 Å². The van der Waals surface area contributed by atoms with Crippen LogP contribution in [0.1, 0.15) is 16.7 Å². The van der Waals surface area contributed by atoms with Crippen LogP contribution in [0.4, 0.5) is 5.69 Å². The third-order valence-electron chi connectivity index (χ3n) is 3.49. The van der Waals surface area contributed by atoms with Crippen LogP contribution in [0.2, 0.25) is 0 Å². The van der Waals surface area contributed by atoms with Crippen molar-refractivity contribution in [3.63, 3.8) is 0 Å². The van der Waals surface area contributed by atoms with Crippen LogP contribution in [0, 0.1) is 13.8 Å². The van der Waals surface area contributed by atoms with E-state index in [0.717, 1.165) is 22.5 Å². The molecule has 21 heavy (non-hydrogen) atoms. The highest BCUT2D eigenvalue weighted by Gasteiger charge is 2.12. The molecule has 5 heteroatoms. The molecule has 3 aromatic rings. The molecular formula is C16H17N5. The standard InChI is InChI=1S/C16H17N5/c1-11-3-6-13(7-4-11)10-21-16(18-19-20-21)15-9-14(17)8-5-12(15)2/h3-9H,10,17H2,1-2H3. The number of rotatable bonds is 3. The highest BCUT2D eigenvalue weighted by Crippen LogP contribution is 2.23. The van der Waals surface area contributed by atoms with Crippen LogP contribution < -0.4 is 5.73 Å². The normalized spacial score (nSPS) is 10.8. The molecule has 5 nitrogen and oxygen atoms in total. The molecule has 1 aromatic heterocycles. The van der Waals surface area contributed by atoms with Gasteiger partial charge in [-0.25, -0.2) is 4.68 Å². The van der Waals surface area contributed by atoms with E-state index in [0.29, 0.717) is 12.2 Å². The monoisotopic (exact) mass is 279 g/mol. The van der Waals surface area contributed by atoms with E-state index in [9.17, 15) is 0 Å². The molecule has 1 heterocycles. The van der Waals surface area contributed by atoms with Gasteiger partial charge < -0.3 is 5.73 Å². The third-order valence-corrected chi connectivity index (χ3v) is 3.49. The summed E-state index contributed by atoms with van der Waals surface area (Å²) < 4.78 is 1.80. The fourth-order valence-electron chi connectivity index (χ4n) is 2.25. The summed E-state index contributed by atoms with van der Waals surface area (Å²) in [6.07, 6.45) is 0. The molecule has 0 spiro atoms. The van der Waals surface area contributed by atoms with Crippen LogP contribution in [0.15, 0.2) is 42.5 Å². The van der Waals surface area contributed by atoms with Crippen molar-refractivity contribution in [1.82, 2.24) is 20.2 Å². The molecule has 0 saturated carbocycles. The van der Waals surface area contributed by atoms with Gasteiger partial charge in [0, 0.05) is 11.3 Å². The van der Waals surface area contributed by atoms with E-state index in [1.54, 1.807) is 4.68 Å². The van der Waals surface area contributed by atoms with Crippen LogP contribution in [-0.4, -0.2) is 20.2 Å². The number of aryl methyl sites for hydroxylation is 2. The van der Waals surface area contributed by atoms with Gasteiger partial charge in [0.05, 0.1) is 6.54 Å². The Kier molecular flexibility index (Phi) is 3.39. The second-order valence-electron chi connectivity index (χ2n) is 5.22. The van der Waals surface area contributed by atoms with Crippen LogP contribution >= 0.6 is 0 Å². The first kappa shape index (κ1) is 13.3. The summed E-state index contributed by atoms with van der Waals surface area (Å²) in [7, 11) is 0. The second kappa shape index (κ2) is 5.36. The summed E-state index contributed by atoms with van der Waals surface area (Å²) in [5, 5.41) is 12.0. The lowest BCUT2D eigenvalue weighted by Gasteiger charge is -2.08. The van der Waals surface area contributed by atoms with Crippen molar-refractivity contribution in [2.24, 2.45) is 0 Å². The molecule has 0 amide bonds. The third kappa shape index (κ3) is 2.76. The lowest BCUT2D eigenvalue weighted by atomic mass is 10.1. The van der Waals surface area contributed by atoms with Gasteiger partial charge in [-0.05, 0) is 47.5 Å². The summed E-state index contributed by atoms with van der Waals surface area (Å²) >= 11 is 0. The van der Waals surface area contributed by atoms with Gasteiger partial charge >= 0.3 is 0 Å². The van der Waals surface area contributed by atoms with Crippen molar-refractivity contribution < 1.29 is 0 Å². The molecule has 2 aromatic carbocycles. The van der Waals surface area contributed by atoms with Crippen molar-refractivity contribution in [1.29, 1.82) is 0 Å². The topological polar surface area (TPSA) is 69.6 Å². The number of nitrogen functional groups attached to an aromatic ring is 1. The van der Waals surface area contributed by atoms with Gasteiger partial charge in [-0.3, -0.25) is 0 Å². The van der Waals surface area contributed by atoms with Gasteiger partial charge in [0.25, 0.3) is 0 Å². The van der Waals surface area contributed by atoms with E-state index in [4.69, 9.17) is 5.73 Å². The Morgan fingerprint density at radius 1 is 1.05 bits per heavy atom. The quantitative estimate of drug-likeness (QED) is 0.748. The predicted molar refractivity (Wildman–Crippen MR) is 82.7 cm³/mol. The predicted octanol–water partition coefficient (Wildman–Crippen LogP) is 2.59. The molecule has 106 valence electrons. The average molecular weight is 279 g/mol. The first-order valence-corrected chi connectivity index (χ1v) is 6.82. The minimum Gasteiger partial charge on any atom is -0.399 e. The zero-order valence-corrected chi connectivity index (χ0v) is 12.1. The zero-order valence-electron chi connectivity index (χ0n) is 12.1. The highest BCUT2D eigenvalue weighted by molar-refractivity contribution is 5.65. The maximum atomic E-state index is 5.88. The number of anilines is 1. The summed E-state index contributed by atoms with van der Waals surface area (Å²) in [4.78, 5) is 0. The Bertz CT molecular complexity index is 759. The molecule has 0 atom stereocenters. The summed E-state index contributed by atoms with van der Waals surface area (Å²) in [6.45, 7) is 4.73. The van der Waals surface area contributed by atoms with E-state index in [2.05, 4.69) is 46.7 Å². The Morgan fingerprint density at radius 2 is 1.81 bits per heavy atom. The van der Waals surface area contributed by atoms with E-state index in [-0.39, 0.29) is 0 Å². The molecule has 3 rings (SSSR count). The van der Waals surface area contributed by atoms with Crippen LogP contribution in [0.3, 0.4) is 0 Å². The first-order valence-electron chi connectivity index (χ1n) is 6.82. The smallest absolute Gasteiger partial charge is 0.182 e. The Hall–Kier alpha value is -2.69. The maximum absolute atomic E-state index is 5.88. The van der Waals surface area contributed by atoms with Gasteiger partial charge in [-0.15, -0.1) is 5.10 Å². The first-order chi connectivity index (χ1) is 10.1. The van der Waals surface area contributed by atoms with E-state index >= 15 is 0 Å². The minimum absolute atomic E-state index is 0.636. The highest BCUT2D eigenvalue weighted by atomic mass is 15.5. The van der Waals surface area contributed by atoms with Crippen LogP contribution in [0.5, 0.6) is 0 Å². The Labute approximate surface area is 123 Å².